The summed E-state index contributed by atoms with van der Waals surface area (Å²) in [6.45, 7) is 1.88. The third-order valence-electron chi connectivity index (χ3n) is 3.59. The highest BCUT2D eigenvalue weighted by atomic mass is 35.5. The van der Waals surface area contributed by atoms with Crippen molar-refractivity contribution in [2.45, 2.75) is 19.4 Å². The molecule has 2 N–H and O–H groups in total. The van der Waals surface area contributed by atoms with E-state index in [2.05, 4.69) is 15.3 Å². The highest BCUT2D eigenvalue weighted by Crippen LogP contribution is 2.25. The molecule has 3 aromatic rings. The van der Waals surface area contributed by atoms with E-state index < -0.39 is 0 Å². The Hall–Kier alpha value is -2.04. The lowest BCUT2D eigenvalue weighted by molar-refractivity contribution is -0.121. The molecule has 1 aromatic heterocycles. The maximum absolute atomic E-state index is 12.2. The van der Waals surface area contributed by atoms with Gasteiger partial charge in [-0.2, -0.15) is 0 Å². The Morgan fingerprint density at radius 3 is 2.57 bits per heavy atom. The molecule has 1 heterocycles. The molecule has 0 aliphatic heterocycles. The third-order valence-corrected chi connectivity index (χ3v) is 4.30. The van der Waals surface area contributed by atoms with Gasteiger partial charge < -0.3 is 10.3 Å². The standard InChI is InChI=1S/C17H15Cl2N3O/c1-10(17-21-14-7-2-3-8-15(14)22-17)20-16(23)9-11-12(18)5-4-6-13(11)19/h2-8,10H,9H2,1H3,(H,20,23)(H,21,22)/t10-/m0/s1. The number of hydrogen-bond acceptors (Lipinski definition) is 2. The summed E-state index contributed by atoms with van der Waals surface area (Å²) in [6, 6.07) is 12.7. The van der Waals surface area contributed by atoms with E-state index in [-0.39, 0.29) is 18.4 Å². The number of imidazole rings is 1. The van der Waals surface area contributed by atoms with Crippen molar-refractivity contribution in [3.63, 3.8) is 0 Å². The first-order valence-electron chi connectivity index (χ1n) is 7.21. The average Bonchev–Trinajstić information content (AvgIpc) is 2.95. The minimum absolute atomic E-state index is 0.128. The zero-order chi connectivity index (χ0) is 16.4. The van der Waals surface area contributed by atoms with Crippen LogP contribution in [0.3, 0.4) is 0 Å². The largest absolute Gasteiger partial charge is 0.346 e. The monoisotopic (exact) mass is 347 g/mol. The van der Waals surface area contributed by atoms with Crippen LogP contribution in [0.15, 0.2) is 42.5 Å². The molecule has 0 spiro atoms. The van der Waals surface area contributed by atoms with Gasteiger partial charge in [-0.05, 0) is 36.8 Å². The van der Waals surface area contributed by atoms with Gasteiger partial charge in [0.2, 0.25) is 5.91 Å². The summed E-state index contributed by atoms with van der Waals surface area (Å²) in [5.41, 5.74) is 2.45. The topological polar surface area (TPSA) is 57.8 Å². The lowest BCUT2D eigenvalue weighted by Gasteiger charge is -2.12. The van der Waals surface area contributed by atoms with Gasteiger partial charge in [0, 0.05) is 10.0 Å². The van der Waals surface area contributed by atoms with Crippen molar-refractivity contribution in [1.82, 2.24) is 15.3 Å². The Morgan fingerprint density at radius 2 is 1.87 bits per heavy atom. The van der Waals surface area contributed by atoms with Crippen molar-refractivity contribution in [2.75, 3.05) is 0 Å². The third kappa shape index (κ3) is 3.49. The van der Waals surface area contributed by atoms with Gasteiger partial charge in [-0.3, -0.25) is 4.79 Å². The molecule has 23 heavy (non-hydrogen) atoms. The quantitative estimate of drug-likeness (QED) is 0.739. The van der Waals surface area contributed by atoms with E-state index >= 15 is 0 Å². The fourth-order valence-electron chi connectivity index (χ4n) is 2.40. The number of para-hydroxylation sites is 2. The molecule has 0 unspecified atom stereocenters. The van der Waals surface area contributed by atoms with Gasteiger partial charge in [0.25, 0.3) is 0 Å². The van der Waals surface area contributed by atoms with Crippen molar-refractivity contribution < 1.29 is 4.79 Å². The van der Waals surface area contributed by atoms with E-state index in [1.165, 1.54) is 0 Å². The predicted octanol–water partition coefficient (Wildman–Crippen LogP) is 4.29. The summed E-state index contributed by atoms with van der Waals surface area (Å²) in [5.74, 6) is 0.553. The van der Waals surface area contributed by atoms with Crippen molar-refractivity contribution in [3.05, 3.63) is 63.9 Å². The summed E-state index contributed by atoms with van der Waals surface area (Å²) in [7, 11) is 0. The van der Waals surface area contributed by atoms with Gasteiger partial charge in [-0.25, -0.2) is 4.98 Å². The minimum Gasteiger partial charge on any atom is -0.346 e. The molecule has 0 fully saturated rings. The molecule has 1 amide bonds. The van der Waals surface area contributed by atoms with Crippen LogP contribution >= 0.6 is 23.2 Å². The number of hydrogen-bond donors (Lipinski definition) is 2. The molecule has 4 nitrogen and oxygen atoms in total. The molecule has 118 valence electrons. The number of fused-ring (bicyclic) bond motifs is 1. The first-order valence-corrected chi connectivity index (χ1v) is 7.97. The van der Waals surface area contributed by atoms with Crippen LogP contribution < -0.4 is 5.32 Å². The number of nitrogens with one attached hydrogen (secondary N) is 2. The molecule has 6 heteroatoms. The smallest absolute Gasteiger partial charge is 0.225 e. The van der Waals surface area contributed by atoms with Crippen LogP contribution in [0.25, 0.3) is 11.0 Å². The number of H-pyrrole nitrogens is 1. The van der Waals surface area contributed by atoms with Gasteiger partial charge in [0.05, 0.1) is 23.5 Å². The van der Waals surface area contributed by atoms with Crippen molar-refractivity contribution in [3.8, 4) is 0 Å². The van der Waals surface area contributed by atoms with Gasteiger partial charge in [-0.1, -0.05) is 41.4 Å². The lowest BCUT2D eigenvalue weighted by Crippen LogP contribution is -2.28. The van der Waals surface area contributed by atoms with Crippen LogP contribution in [-0.4, -0.2) is 15.9 Å². The van der Waals surface area contributed by atoms with Crippen LogP contribution in [0.2, 0.25) is 10.0 Å². The van der Waals surface area contributed by atoms with E-state index in [0.29, 0.717) is 21.4 Å². The predicted molar refractivity (Wildman–Crippen MR) is 92.8 cm³/mol. The summed E-state index contributed by atoms with van der Waals surface area (Å²) in [6.07, 6.45) is 0.128. The Kier molecular flexibility index (Phi) is 4.55. The summed E-state index contributed by atoms with van der Waals surface area (Å²) in [5, 5.41) is 3.89. The fraction of sp³-hybridized carbons (Fsp3) is 0.176. The van der Waals surface area contributed by atoms with Gasteiger partial charge >= 0.3 is 0 Å². The molecule has 0 aliphatic rings. The zero-order valence-corrected chi connectivity index (χ0v) is 13.9. The second-order valence-electron chi connectivity index (χ2n) is 5.31. The number of aromatic amines is 1. The van der Waals surface area contributed by atoms with E-state index in [1.807, 2.05) is 31.2 Å². The molecular formula is C17H15Cl2N3O. The minimum atomic E-state index is -0.240. The zero-order valence-electron chi connectivity index (χ0n) is 12.4. The van der Waals surface area contributed by atoms with Crippen molar-refractivity contribution in [2.24, 2.45) is 0 Å². The molecule has 1 atom stereocenters. The Labute approximate surface area is 143 Å². The van der Waals surface area contributed by atoms with Crippen molar-refractivity contribution >= 4 is 40.1 Å². The van der Waals surface area contributed by atoms with E-state index in [1.54, 1.807) is 18.2 Å². The number of carbonyl (C=O) groups is 1. The number of carbonyl (C=O) groups excluding carboxylic acids is 1. The molecule has 2 aromatic carbocycles. The second-order valence-corrected chi connectivity index (χ2v) is 6.12. The van der Waals surface area contributed by atoms with E-state index in [4.69, 9.17) is 23.2 Å². The molecule has 0 aliphatic carbocycles. The maximum Gasteiger partial charge on any atom is 0.225 e. The number of halogens is 2. The molecule has 0 saturated heterocycles. The second kappa shape index (κ2) is 6.60. The highest BCUT2D eigenvalue weighted by Gasteiger charge is 2.16. The fourth-order valence-corrected chi connectivity index (χ4v) is 2.93. The molecule has 0 radical (unpaired) electrons. The van der Waals surface area contributed by atoms with Crippen LogP contribution in [0, 0.1) is 0 Å². The van der Waals surface area contributed by atoms with Crippen LogP contribution in [0.1, 0.15) is 24.4 Å². The number of rotatable bonds is 4. The highest BCUT2D eigenvalue weighted by molar-refractivity contribution is 6.36. The average molecular weight is 348 g/mol. The molecule has 0 saturated carbocycles. The van der Waals surface area contributed by atoms with Crippen molar-refractivity contribution in [1.29, 1.82) is 0 Å². The first kappa shape index (κ1) is 15.8. The van der Waals surface area contributed by atoms with E-state index in [0.717, 1.165) is 11.0 Å². The van der Waals surface area contributed by atoms with Gasteiger partial charge in [0.15, 0.2) is 0 Å². The normalized spacial score (nSPS) is 12.3. The van der Waals surface area contributed by atoms with E-state index in [9.17, 15) is 4.79 Å². The number of aromatic nitrogens is 2. The van der Waals surface area contributed by atoms with Crippen LogP contribution in [0.5, 0.6) is 0 Å². The van der Waals surface area contributed by atoms with Crippen LogP contribution in [-0.2, 0) is 11.2 Å². The van der Waals surface area contributed by atoms with Gasteiger partial charge in [-0.15, -0.1) is 0 Å². The Bertz CT molecular complexity index is 807. The SMILES string of the molecule is C[C@H](NC(=O)Cc1c(Cl)cccc1Cl)c1nc2ccccc2[nH]1. The number of nitrogens with zero attached hydrogens (tertiary/aromatic N) is 1. The Morgan fingerprint density at radius 1 is 1.17 bits per heavy atom. The summed E-state index contributed by atoms with van der Waals surface area (Å²) >= 11 is 12.2. The summed E-state index contributed by atoms with van der Waals surface area (Å²) in [4.78, 5) is 19.9. The molecular weight excluding hydrogens is 333 g/mol. The lowest BCUT2D eigenvalue weighted by atomic mass is 10.1. The molecule has 3 rings (SSSR count). The number of amides is 1. The summed E-state index contributed by atoms with van der Waals surface area (Å²) < 4.78 is 0. The van der Waals surface area contributed by atoms with Crippen LogP contribution in [0.4, 0.5) is 0 Å². The van der Waals surface area contributed by atoms with Gasteiger partial charge in [0.1, 0.15) is 5.82 Å². The molecule has 0 bridgehead atoms. The Balaban J connectivity index is 1.72. The number of benzene rings is 2. The first-order chi connectivity index (χ1) is 11.0. The maximum atomic E-state index is 12.2.